The van der Waals surface area contributed by atoms with Gasteiger partial charge in [-0.1, -0.05) is 42.5 Å². The molecular weight excluding hydrogens is 539 g/mol. The second kappa shape index (κ2) is 12.4. The van der Waals surface area contributed by atoms with E-state index in [0.717, 1.165) is 47.9 Å². The molecule has 0 aliphatic rings. The van der Waals surface area contributed by atoms with Gasteiger partial charge < -0.3 is 19.8 Å². The third-order valence-corrected chi connectivity index (χ3v) is 5.65. The summed E-state index contributed by atoms with van der Waals surface area (Å²) in [5.74, 6) is 1.82. The number of nitrogens with zero attached hydrogens (tertiary/aromatic N) is 4. The number of rotatable bonds is 8. The number of guanidine groups is 1. The predicted molar refractivity (Wildman–Crippen MR) is 149 cm³/mol. The molecule has 0 fully saturated rings. The van der Waals surface area contributed by atoms with Crippen LogP contribution in [0.15, 0.2) is 82.7 Å². The number of aromatic nitrogens is 3. The van der Waals surface area contributed by atoms with Crippen LogP contribution in [0.2, 0.25) is 0 Å². The highest BCUT2D eigenvalue weighted by Crippen LogP contribution is 2.15. The summed E-state index contributed by atoms with van der Waals surface area (Å²) in [5, 5.41) is 6.75. The van der Waals surface area contributed by atoms with Gasteiger partial charge in [0.05, 0.1) is 17.6 Å². The summed E-state index contributed by atoms with van der Waals surface area (Å²) in [5.41, 5.74) is 4.48. The third-order valence-electron chi connectivity index (χ3n) is 5.65. The number of aryl methyl sites for hydroxylation is 2. The third kappa shape index (κ3) is 6.47. The fourth-order valence-electron chi connectivity index (χ4n) is 3.88. The maximum Gasteiger partial charge on any atom is 0.250 e. The molecule has 0 amide bonds. The first-order chi connectivity index (χ1) is 16.1. The minimum absolute atomic E-state index is 0. The van der Waals surface area contributed by atoms with Gasteiger partial charge in [-0.3, -0.25) is 9.79 Å². The van der Waals surface area contributed by atoms with E-state index in [0.29, 0.717) is 13.1 Å². The Kier molecular flexibility index (Phi) is 9.26. The summed E-state index contributed by atoms with van der Waals surface area (Å²) in [7, 11) is 1.78. The molecule has 0 saturated carbocycles. The molecule has 0 spiro atoms. The molecule has 0 unspecified atom stereocenters. The number of halogens is 1. The molecule has 0 aliphatic carbocycles. The van der Waals surface area contributed by atoms with Crippen LogP contribution in [0, 0.1) is 6.92 Å². The lowest BCUT2D eigenvalue weighted by Crippen LogP contribution is -2.37. The summed E-state index contributed by atoms with van der Waals surface area (Å²) < 4.78 is 3.96. The van der Waals surface area contributed by atoms with E-state index >= 15 is 0 Å². The number of benzene rings is 2. The summed E-state index contributed by atoms with van der Waals surface area (Å²) in [6.07, 6.45) is 2.78. The fraction of sp³-hybridized carbons (Fsp3) is 0.269. The first kappa shape index (κ1) is 25.5. The SMILES string of the molecule is CN=C(NCCCn1c(C)nc2ccccc21)NCc1ccc(Cn2ccccc2=O)cc1.I. The lowest BCUT2D eigenvalue weighted by Gasteiger charge is -2.13. The largest absolute Gasteiger partial charge is 0.356 e. The van der Waals surface area contributed by atoms with Crippen LogP contribution in [-0.2, 0) is 19.6 Å². The second-order valence-electron chi connectivity index (χ2n) is 7.99. The van der Waals surface area contributed by atoms with E-state index in [4.69, 9.17) is 0 Å². The van der Waals surface area contributed by atoms with Gasteiger partial charge in [-0.15, -0.1) is 24.0 Å². The molecule has 4 rings (SSSR count). The van der Waals surface area contributed by atoms with Gasteiger partial charge >= 0.3 is 0 Å². The van der Waals surface area contributed by atoms with E-state index in [1.54, 1.807) is 23.7 Å². The van der Waals surface area contributed by atoms with Crippen molar-refractivity contribution in [3.63, 3.8) is 0 Å². The Hall–Kier alpha value is -3.14. The number of hydrogen-bond donors (Lipinski definition) is 2. The van der Waals surface area contributed by atoms with Crippen LogP contribution in [0.1, 0.15) is 23.4 Å². The first-order valence-electron chi connectivity index (χ1n) is 11.2. The lowest BCUT2D eigenvalue weighted by molar-refractivity contribution is 0.624. The lowest BCUT2D eigenvalue weighted by atomic mass is 10.1. The van der Waals surface area contributed by atoms with Crippen molar-refractivity contribution in [1.29, 1.82) is 0 Å². The number of nitrogens with one attached hydrogen (secondary N) is 2. The Balaban J connectivity index is 0.00000324. The minimum Gasteiger partial charge on any atom is -0.356 e. The summed E-state index contributed by atoms with van der Waals surface area (Å²) in [6, 6.07) is 21.7. The zero-order valence-corrected chi connectivity index (χ0v) is 21.9. The predicted octanol–water partition coefficient (Wildman–Crippen LogP) is 3.93. The topological polar surface area (TPSA) is 76.2 Å². The molecule has 178 valence electrons. The minimum atomic E-state index is 0. The van der Waals surface area contributed by atoms with Gasteiger partial charge in [-0.2, -0.15) is 0 Å². The van der Waals surface area contributed by atoms with Crippen molar-refractivity contribution in [3.8, 4) is 0 Å². The van der Waals surface area contributed by atoms with Crippen molar-refractivity contribution < 1.29 is 0 Å². The van der Waals surface area contributed by atoms with Crippen LogP contribution in [0.25, 0.3) is 11.0 Å². The summed E-state index contributed by atoms with van der Waals surface area (Å²) >= 11 is 0. The smallest absolute Gasteiger partial charge is 0.250 e. The van der Waals surface area contributed by atoms with E-state index < -0.39 is 0 Å². The molecule has 34 heavy (non-hydrogen) atoms. The molecule has 2 heterocycles. The Bertz CT molecular complexity index is 1290. The van der Waals surface area contributed by atoms with Gasteiger partial charge in [-0.25, -0.2) is 4.98 Å². The zero-order chi connectivity index (χ0) is 23.0. The van der Waals surface area contributed by atoms with E-state index in [2.05, 4.69) is 74.6 Å². The average Bonchev–Trinajstić information content (AvgIpc) is 3.16. The quantitative estimate of drug-likeness (QED) is 0.146. The van der Waals surface area contributed by atoms with Crippen LogP contribution in [0.4, 0.5) is 0 Å². The highest BCUT2D eigenvalue weighted by Gasteiger charge is 2.06. The molecule has 7 nitrogen and oxygen atoms in total. The van der Waals surface area contributed by atoms with Crippen molar-refractivity contribution >= 4 is 41.0 Å². The van der Waals surface area contributed by atoms with Crippen LogP contribution >= 0.6 is 24.0 Å². The Labute approximate surface area is 217 Å². The number of para-hydroxylation sites is 2. The first-order valence-corrected chi connectivity index (χ1v) is 11.2. The Morgan fingerprint density at radius 1 is 0.971 bits per heavy atom. The molecular formula is C26H31IN6O. The van der Waals surface area contributed by atoms with Gasteiger partial charge in [0.15, 0.2) is 5.96 Å². The maximum absolute atomic E-state index is 11.9. The van der Waals surface area contributed by atoms with Crippen molar-refractivity contribution in [3.05, 3.63) is 100 Å². The molecule has 2 N–H and O–H groups in total. The van der Waals surface area contributed by atoms with Crippen LogP contribution in [0.5, 0.6) is 0 Å². The molecule has 0 bridgehead atoms. The molecule has 2 aromatic carbocycles. The second-order valence-corrected chi connectivity index (χ2v) is 7.99. The molecule has 8 heteroatoms. The van der Waals surface area contributed by atoms with Gasteiger partial charge in [0, 0.05) is 38.9 Å². The van der Waals surface area contributed by atoms with E-state index in [-0.39, 0.29) is 29.5 Å². The number of pyridine rings is 1. The number of imidazole rings is 1. The summed E-state index contributed by atoms with van der Waals surface area (Å²) in [4.78, 5) is 20.8. The standard InChI is InChI=1S/C26H30N6O.HI/c1-20-30-23-8-3-4-9-24(23)32(20)17-7-15-28-26(27-2)29-18-21-11-13-22(14-12-21)19-31-16-6-5-10-25(31)33;/h3-6,8-14,16H,7,15,17-19H2,1-2H3,(H2,27,28,29);1H. The fourth-order valence-corrected chi connectivity index (χ4v) is 3.88. The number of hydrogen-bond acceptors (Lipinski definition) is 3. The maximum atomic E-state index is 11.9. The van der Waals surface area contributed by atoms with Gasteiger partial charge in [-0.05, 0) is 42.7 Å². The van der Waals surface area contributed by atoms with E-state index in [9.17, 15) is 4.79 Å². The molecule has 0 aliphatic heterocycles. The van der Waals surface area contributed by atoms with Crippen molar-refractivity contribution in [1.82, 2.24) is 24.8 Å². The Morgan fingerprint density at radius 3 is 2.47 bits per heavy atom. The average molecular weight is 570 g/mol. The number of fused-ring (bicyclic) bond motifs is 1. The van der Waals surface area contributed by atoms with Crippen molar-refractivity contribution in [2.75, 3.05) is 13.6 Å². The molecule has 0 radical (unpaired) electrons. The van der Waals surface area contributed by atoms with Gasteiger partial charge in [0.25, 0.3) is 5.56 Å². The normalized spacial score (nSPS) is 11.3. The van der Waals surface area contributed by atoms with E-state index in [1.165, 1.54) is 5.52 Å². The van der Waals surface area contributed by atoms with E-state index in [1.807, 2.05) is 18.3 Å². The molecule has 4 aromatic rings. The van der Waals surface area contributed by atoms with Gasteiger partial charge in [0.2, 0.25) is 0 Å². The van der Waals surface area contributed by atoms with Crippen LogP contribution in [0.3, 0.4) is 0 Å². The van der Waals surface area contributed by atoms with Gasteiger partial charge in [0.1, 0.15) is 5.82 Å². The van der Waals surface area contributed by atoms with Crippen LogP contribution < -0.4 is 16.2 Å². The van der Waals surface area contributed by atoms with Crippen LogP contribution in [-0.4, -0.2) is 33.7 Å². The molecule has 2 aromatic heterocycles. The molecule has 0 atom stereocenters. The molecule has 0 saturated heterocycles. The highest BCUT2D eigenvalue weighted by atomic mass is 127. The zero-order valence-electron chi connectivity index (χ0n) is 19.6. The number of aliphatic imine (C=N–C) groups is 1. The van der Waals surface area contributed by atoms with Crippen molar-refractivity contribution in [2.45, 2.75) is 33.0 Å². The highest BCUT2D eigenvalue weighted by molar-refractivity contribution is 14.0. The Morgan fingerprint density at radius 2 is 1.71 bits per heavy atom. The summed E-state index contributed by atoms with van der Waals surface area (Å²) in [6.45, 7) is 5.02. The van der Waals surface area contributed by atoms with Crippen molar-refractivity contribution in [2.24, 2.45) is 4.99 Å². The monoisotopic (exact) mass is 570 g/mol.